The van der Waals surface area contributed by atoms with Crippen LogP contribution in [-0.2, 0) is 13.1 Å². The van der Waals surface area contributed by atoms with Crippen LogP contribution in [0.1, 0.15) is 49.6 Å². The van der Waals surface area contributed by atoms with E-state index in [1.165, 1.54) is 13.2 Å². The van der Waals surface area contributed by atoms with Crippen molar-refractivity contribution in [1.82, 2.24) is 15.8 Å². The van der Waals surface area contributed by atoms with Crippen molar-refractivity contribution in [2.45, 2.75) is 51.9 Å². The number of rotatable bonds is 10. The molecule has 1 heterocycles. The molecule has 0 aliphatic rings. The van der Waals surface area contributed by atoms with Gasteiger partial charge in [0.05, 0.1) is 19.3 Å². The molecule has 0 saturated heterocycles. The van der Waals surface area contributed by atoms with E-state index in [4.69, 9.17) is 14.0 Å². The van der Waals surface area contributed by atoms with Gasteiger partial charge in [0.25, 0.3) is 0 Å². The Bertz CT molecular complexity index is 849. The minimum absolute atomic E-state index is 0.0321. The first kappa shape index (κ1) is 24.4. The Morgan fingerprint density at radius 2 is 1.84 bits per heavy atom. The van der Waals surface area contributed by atoms with E-state index in [0.717, 1.165) is 24.1 Å². The molecule has 7 nitrogen and oxygen atoms in total. The fourth-order valence-corrected chi connectivity index (χ4v) is 2.99. The van der Waals surface area contributed by atoms with Crippen LogP contribution in [0, 0.1) is 0 Å². The number of halogens is 3. The maximum absolute atomic E-state index is 12.4. The summed E-state index contributed by atoms with van der Waals surface area (Å²) >= 11 is 0. The Labute approximate surface area is 180 Å². The lowest BCUT2D eigenvalue weighted by molar-refractivity contribution is -0.153. The minimum atomic E-state index is -4.42. The largest absolute Gasteiger partial charge is 0.493 e. The molecule has 0 saturated carbocycles. The van der Waals surface area contributed by atoms with Crippen molar-refractivity contribution in [3.63, 3.8) is 0 Å². The zero-order chi connectivity index (χ0) is 22.9. The van der Waals surface area contributed by atoms with E-state index >= 15 is 0 Å². The molecule has 2 rings (SSSR count). The van der Waals surface area contributed by atoms with Gasteiger partial charge in [-0.15, -0.1) is 0 Å². The average Bonchev–Trinajstić information content (AvgIpc) is 3.21. The smallest absolute Gasteiger partial charge is 0.422 e. The highest BCUT2D eigenvalue weighted by Crippen LogP contribution is 2.29. The molecule has 0 atom stereocenters. The van der Waals surface area contributed by atoms with Gasteiger partial charge in [-0.3, -0.25) is 4.99 Å². The second kappa shape index (κ2) is 11.5. The summed E-state index contributed by atoms with van der Waals surface area (Å²) in [5.74, 6) is 1.88. The number of benzene rings is 1. The van der Waals surface area contributed by atoms with Crippen molar-refractivity contribution in [1.29, 1.82) is 0 Å². The highest BCUT2D eigenvalue weighted by molar-refractivity contribution is 5.79. The van der Waals surface area contributed by atoms with E-state index in [1.54, 1.807) is 19.2 Å². The fraction of sp³-hybridized carbons (Fsp3) is 0.524. The van der Waals surface area contributed by atoms with Crippen molar-refractivity contribution < 1.29 is 27.2 Å². The molecule has 2 aromatic rings. The molecule has 1 aromatic heterocycles. The maximum Gasteiger partial charge on any atom is 0.422 e. The summed E-state index contributed by atoms with van der Waals surface area (Å²) in [6, 6.07) is 6.67. The van der Waals surface area contributed by atoms with Crippen molar-refractivity contribution in [2.75, 3.05) is 20.8 Å². The van der Waals surface area contributed by atoms with Crippen molar-refractivity contribution >= 4 is 5.96 Å². The second-order valence-electron chi connectivity index (χ2n) is 6.90. The topological polar surface area (TPSA) is 80.9 Å². The number of hydrogen-bond acceptors (Lipinski definition) is 5. The molecule has 0 amide bonds. The third kappa shape index (κ3) is 7.69. The molecule has 0 fully saturated rings. The Balaban J connectivity index is 1.90. The summed E-state index contributed by atoms with van der Waals surface area (Å²) in [7, 11) is 3.01. The zero-order valence-electron chi connectivity index (χ0n) is 18.2. The van der Waals surface area contributed by atoms with Crippen LogP contribution in [0.15, 0.2) is 33.8 Å². The van der Waals surface area contributed by atoms with Crippen LogP contribution >= 0.6 is 0 Å². The molecule has 0 bridgehead atoms. The molecule has 0 aliphatic heterocycles. The minimum Gasteiger partial charge on any atom is -0.493 e. The van der Waals surface area contributed by atoms with E-state index in [2.05, 4.69) is 34.6 Å². The van der Waals surface area contributed by atoms with Gasteiger partial charge in [0.1, 0.15) is 0 Å². The van der Waals surface area contributed by atoms with Crippen LogP contribution < -0.4 is 20.1 Å². The molecular formula is C21H29F3N4O3. The van der Waals surface area contributed by atoms with E-state index in [9.17, 15) is 13.2 Å². The Morgan fingerprint density at radius 3 is 2.45 bits per heavy atom. The number of methoxy groups -OCH3 is 1. The number of guanidine groups is 1. The Morgan fingerprint density at radius 1 is 1.13 bits per heavy atom. The average molecular weight is 442 g/mol. The molecule has 0 aliphatic carbocycles. The molecule has 0 spiro atoms. The van der Waals surface area contributed by atoms with Crippen LogP contribution in [0.2, 0.25) is 0 Å². The summed E-state index contributed by atoms with van der Waals surface area (Å²) in [5, 5.41) is 10.4. The number of alkyl halides is 3. The van der Waals surface area contributed by atoms with Gasteiger partial charge in [0, 0.05) is 25.6 Å². The Hall–Kier alpha value is -2.91. The number of aliphatic imine (C=N–C) groups is 1. The van der Waals surface area contributed by atoms with Crippen LogP contribution in [0.25, 0.3) is 0 Å². The molecule has 31 heavy (non-hydrogen) atoms. The van der Waals surface area contributed by atoms with Crippen molar-refractivity contribution in [3.8, 4) is 11.5 Å². The molecule has 0 unspecified atom stereocenters. The van der Waals surface area contributed by atoms with Crippen LogP contribution in [-0.4, -0.2) is 38.1 Å². The lowest BCUT2D eigenvalue weighted by Crippen LogP contribution is -2.36. The summed E-state index contributed by atoms with van der Waals surface area (Å²) in [5.41, 5.74) is 1.74. The van der Waals surface area contributed by atoms with Crippen LogP contribution in [0.3, 0.4) is 0 Å². The molecule has 2 N–H and O–H groups in total. The van der Waals surface area contributed by atoms with Gasteiger partial charge in [0.15, 0.2) is 29.8 Å². The first-order valence-electron chi connectivity index (χ1n) is 10.1. The fourth-order valence-electron chi connectivity index (χ4n) is 2.99. The van der Waals surface area contributed by atoms with Gasteiger partial charge in [-0.05, 0) is 30.5 Å². The summed E-state index contributed by atoms with van der Waals surface area (Å²) < 4.78 is 52.4. The predicted molar refractivity (Wildman–Crippen MR) is 111 cm³/mol. The predicted octanol–water partition coefficient (Wildman–Crippen LogP) is 4.39. The van der Waals surface area contributed by atoms with Crippen molar-refractivity contribution in [2.24, 2.45) is 4.99 Å². The van der Waals surface area contributed by atoms with Crippen LogP contribution in [0.5, 0.6) is 11.5 Å². The molecular weight excluding hydrogens is 413 g/mol. The normalized spacial score (nSPS) is 12.2. The second-order valence-corrected chi connectivity index (χ2v) is 6.90. The van der Waals surface area contributed by atoms with Gasteiger partial charge >= 0.3 is 6.18 Å². The van der Waals surface area contributed by atoms with Gasteiger partial charge in [-0.25, -0.2) is 0 Å². The maximum atomic E-state index is 12.4. The SMILES string of the molecule is CCC(CC)c1cc(CNC(=NC)NCc2ccc(OCC(F)(F)F)c(OC)c2)on1. The molecule has 0 radical (unpaired) electrons. The van der Waals surface area contributed by atoms with Gasteiger partial charge in [-0.1, -0.05) is 25.1 Å². The monoisotopic (exact) mass is 442 g/mol. The number of hydrogen-bond donors (Lipinski definition) is 2. The summed E-state index contributed by atoms with van der Waals surface area (Å²) in [6.07, 6.45) is -2.41. The molecule has 10 heteroatoms. The number of aromatic nitrogens is 1. The quantitative estimate of drug-likeness (QED) is 0.420. The van der Waals surface area contributed by atoms with E-state index in [0.29, 0.717) is 30.7 Å². The standard InChI is InChI=1S/C21H29F3N4O3/c1-5-15(6-2)17-10-16(31-28-17)12-27-20(25-3)26-11-14-7-8-18(19(9-14)29-4)30-13-21(22,23)24/h7-10,15H,5-6,11-13H2,1-4H3,(H2,25,26,27). The third-order valence-corrected chi connectivity index (χ3v) is 4.71. The number of nitrogens with one attached hydrogen (secondary N) is 2. The molecule has 1 aromatic carbocycles. The Kier molecular flexibility index (Phi) is 9.02. The third-order valence-electron chi connectivity index (χ3n) is 4.71. The first-order valence-corrected chi connectivity index (χ1v) is 10.1. The summed E-state index contributed by atoms with van der Waals surface area (Å²) in [6.45, 7) is 3.66. The highest BCUT2D eigenvalue weighted by Gasteiger charge is 2.29. The van der Waals surface area contributed by atoms with Gasteiger partial charge in [0.2, 0.25) is 0 Å². The summed E-state index contributed by atoms with van der Waals surface area (Å²) in [4.78, 5) is 4.16. The zero-order valence-corrected chi connectivity index (χ0v) is 18.2. The lowest BCUT2D eigenvalue weighted by atomic mass is 9.99. The van der Waals surface area contributed by atoms with E-state index < -0.39 is 12.8 Å². The first-order chi connectivity index (χ1) is 14.8. The highest BCUT2D eigenvalue weighted by atomic mass is 19.4. The number of ether oxygens (including phenoxy) is 2. The van der Waals surface area contributed by atoms with Gasteiger partial charge in [-0.2, -0.15) is 13.2 Å². The van der Waals surface area contributed by atoms with E-state index in [-0.39, 0.29) is 11.5 Å². The van der Waals surface area contributed by atoms with Crippen LogP contribution in [0.4, 0.5) is 13.2 Å². The van der Waals surface area contributed by atoms with Gasteiger partial charge < -0.3 is 24.6 Å². The number of nitrogens with zero attached hydrogens (tertiary/aromatic N) is 2. The molecule has 172 valence electrons. The van der Waals surface area contributed by atoms with E-state index in [1.807, 2.05) is 6.07 Å². The van der Waals surface area contributed by atoms with Crippen molar-refractivity contribution in [3.05, 3.63) is 41.3 Å². The lowest BCUT2D eigenvalue weighted by Gasteiger charge is -2.15.